The van der Waals surface area contributed by atoms with E-state index < -0.39 is 24.7 Å². The lowest BCUT2D eigenvalue weighted by Gasteiger charge is -2.24. The van der Waals surface area contributed by atoms with Gasteiger partial charge in [0.15, 0.2) is 12.3 Å². The standard InChI is InChI=1S/C23H21F5N2O4/c24-22(25,23(26,27)28)12-34-20-15(2-1-3-16(20)13-6-8-33-9-7-13)10-17-19(21(31)32)30-18(11-29-17)14-4-5-14/h1-3,6,11,14H,4-5,7-10,12H2,(H,31,32). The minimum atomic E-state index is -5.78. The van der Waals surface area contributed by atoms with Crippen LogP contribution in [0.15, 0.2) is 30.5 Å². The fourth-order valence-electron chi connectivity index (χ4n) is 3.65. The van der Waals surface area contributed by atoms with Gasteiger partial charge in [-0.2, -0.15) is 22.0 Å². The molecule has 34 heavy (non-hydrogen) atoms. The third-order valence-electron chi connectivity index (χ3n) is 5.64. The van der Waals surface area contributed by atoms with Crippen LogP contribution in [0.4, 0.5) is 22.0 Å². The lowest BCUT2D eigenvalue weighted by Crippen LogP contribution is -2.42. The van der Waals surface area contributed by atoms with Crippen molar-refractivity contribution in [2.45, 2.75) is 43.7 Å². The van der Waals surface area contributed by atoms with E-state index in [-0.39, 0.29) is 41.6 Å². The summed E-state index contributed by atoms with van der Waals surface area (Å²) in [4.78, 5) is 20.2. The molecule has 2 heterocycles. The van der Waals surface area contributed by atoms with E-state index >= 15 is 0 Å². The van der Waals surface area contributed by atoms with Gasteiger partial charge >= 0.3 is 18.1 Å². The first-order valence-electron chi connectivity index (χ1n) is 10.6. The summed E-state index contributed by atoms with van der Waals surface area (Å²) < 4.78 is 75.9. The van der Waals surface area contributed by atoms with E-state index in [0.29, 0.717) is 29.9 Å². The number of benzene rings is 1. The summed E-state index contributed by atoms with van der Waals surface area (Å²) in [5.41, 5.74) is 1.57. The van der Waals surface area contributed by atoms with Crippen LogP contribution < -0.4 is 4.74 Å². The fraction of sp³-hybridized carbons (Fsp3) is 0.435. The predicted octanol–water partition coefficient (Wildman–Crippen LogP) is 5.02. The largest absolute Gasteiger partial charge is 0.486 e. The summed E-state index contributed by atoms with van der Waals surface area (Å²) in [5, 5.41) is 9.62. The van der Waals surface area contributed by atoms with E-state index in [4.69, 9.17) is 9.47 Å². The number of aromatic carboxylic acids is 1. The van der Waals surface area contributed by atoms with Crippen molar-refractivity contribution >= 4 is 11.5 Å². The number of carboxylic acid groups (broad SMARTS) is 1. The Bertz CT molecular complexity index is 1110. The Hall–Kier alpha value is -3.08. The number of hydrogen-bond donors (Lipinski definition) is 1. The van der Waals surface area contributed by atoms with E-state index in [1.165, 1.54) is 12.3 Å². The van der Waals surface area contributed by atoms with Crippen LogP contribution in [0, 0.1) is 0 Å². The highest BCUT2D eigenvalue weighted by molar-refractivity contribution is 5.86. The first kappa shape index (κ1) is 24.1. The summed E-state index contributed by atoms with van der Waals surface area (Å²) in [6, 6.07) is 4.64. The molecular formula is C23H21F5N2O4. The van der Waals surface area contributed by atoms with Crippen molar-refractivity contribution in [1.82, 2.24) is 9.97 Å². The molecule has 2 aliphatic rings. The highest BCUT2D eigenvalue weighted by atomic mass is 19.4. The van der Waals surface area contributed by atoms with Crippen molar-refractivity contribution in [3.8, 4) is 5.75 Å². The molecule has 0 atom stereocenters. The van der Waals surface area contributed by atoms with Crippen molar-refractivity contribution < 1.29 is 41.3 Å². The lowest BCUT2D eigenvalue weighted by atomic mass is 9.95. The topological polar surface area (TPSA) is 81.5 Å². The summed E-state index contributed by atoms with van der Waals surface area (Å²) in [7, 11) is 0. The fourth-order valence-corrected chi connectivity index (χ4v) is 3.65. The highest BCUT2D eigenvalue weighted by Gasteiger charge is 2.58. The summed E-state index contributed by atoms with van der Waals surface area (Å²) in [6.45, 7) is -1.30. The van der Waals surface area contributed by atoms with Gasteiger partial charge in [-0.05, 0) is 24.8 Å². The van der Waals surface area contributed by atoms with Crippen molar-refractivity contribution in [1.29, 1.82) is 0 Å². The first-order valence-corrected chi connectivity index (χ1v) is 10.6. The van der Waals surface area contributed by atoms with Crippen LogP contribution in [0.25, 0.3) is 5.57 Å². The average molecular weight is 484 g/mol. The molecule has 0 unspecified atom stereocenters. The highest BCUT2D eigenvalue weighted by Crippen LogP contribution is 2.40. The van der Waals surface area contributed by atoms with Gasteiger partial charge < -0.3 is 14.6 Å². The van der Waals surface area contributed by atoms with E-state index in [1.807, 2.05) is 0 Å². The lowest BCUT2D eigenvalue weighted by molar-refractivity contribution is -0.290. The summed E-state index contributed by atoms with van der Waals surface area (Å²) in [6.07, 6.45) is -0.595. The van der Waals surface area contributed by atoms with Crippen LogP contribution in [-0.2, 0) is 11.2 Å². The first-order chi connectivity index (χ1) is 16.1. The maximum Gasteiger partial charge on any atom is 0.456 e. The van der Waals surface area contributed by atoms with Crippen LogP contribution in [0.5, 0.6) is 5.75 Å². The van der Waals surface area contributed by atoms with Crippen molar-refractivity contribution in [3.63, 3.8) is 0 Å². The molecule has 4 rings (SSSR count). The van der Waals surface area contributed by atoms with Crippen LogP contribution in [0.3, 0.4) is 0 Å². The number of ether oxygens (including phenoxy) is 2. The molecule has 6 nitrogen and oxygen atoms in total. The molecule has 1 fully saturated rings. The van der Waals surface area contributed by atoms with Crippen LogP contribution in [0.1, 0.15) is 58.2 Å². The van der Waals surface area contributed by atoms with Gasteiger partial charge in [0, 0.05) is 29.7 Å². The van der Waals surface area contributed by atoms with Gasteiger partial charge in [-0.3, -0.25) is 4.98 Å². The molecule has 1 aromatic heterocycles. The smallest absolute Gasteiger partial charge is 0.456 e. The number of para-hydroxylation sites is 1. The zero-order valence-corrected chi connectivity index (χ0v) is 17.9. The SMILES string of the molecule is O=C(O)c1nc(C2CC2)cnc1Cc1cccc(C2=CCOCC2)c1OCC(F)(F)C(F)(F)F. The summed E-state index contributed by atoms with van der Waals surface area (Å²) >= 11 is 0. The Kier molecular flexibility index (Phi) is 6.57. The number of carbonyl (C=O) groups is 1. The van der Waals surface area contributed by atoms with Gasteiger partial charge in [-0.15, -0.1) is 0 Å². The Morgan fingerprint density at radius 3 is 2.59 bits per heavy atom. The molecule has 182 valence electrons. The molecule has 1 aliphatic carbocycles. The Balaban J connectivity index is 1.72. The quantitative estimate of drug-likeness (QED) is 0.530. The molecule has 2 aromatic rings. The van der Waals surface area contributed by atoms with Crippen LogP contribution >= 0.6 is 0 Å². The minimum absolute atomic E-state index is 0.0578. The predicted molar refractivity (Wildman–Crippen MR) is 110 cm³/mol. The van der Waals surface area contributed by atoms with Gasteiger partial charge in [-0.1, -0.05) is 24.3 Å². The van der Waals surface area contributed by atoms with Gasteiger partial charge in [0.2, 0.25) is 0 Å². The Labute approximate surface area is 191 Å². The molecule has 0 radical (unpaired) electrons. The number of aromatic nitrogens is 2. The van der Waals surface area contributed by atoms with Gasteiger partial charge in [-0.25, -0.2) is 9.78 Å². The second-order valence-electron chi connectivity index (χ2n) is 8.19. The van der Waals surface area contributed by atoms with Gasteiger partial charge in [0.1, 0.15) is 5.75 Å². The molecule has 1 aliphatic heterocycles. The zero-order chi connectivity index (χ0) is 24.5. The van der Waals surface area contributed by atoms with Crippen LogP contribution in [-0.4, -0.2) is 53.0 Å². The van der Waals surface area contributed by atoms with E-state index in [0.717, 1.165) is 12.8 Å². The van der Waals surface area contributed by atoms with Gasteiger partial charge in [0.25, 0.3) is 0 Å². The monoisotopic (exact) mass is 484 g/mol. The number of carboxylic acids is 1. The number of halogens is 5. The Morgan fingerprint density at radius 1 is 1.21 bits per heavy atom. The molecule has 0 bridgehead atoms. The third-order valence-corrected chi connectivity index (χ3v) is 5.64. The second kappa shape index (κ2) is 9.28. The maximum atomic E-state index is 13.7. The second-order valence-corrected chi connectivity index (χ2v) is 8.19. The van der Waals surface area contributed by atoms with Crippen molar-refractivity contribution in [2.75, 3.05) is 19.8 Å². The Morgan fingerprint density at radius 2 is 1.97 bits per heavy atom. The van der Waals surface area contributed by atoms with Crippen molar-refractivity contribution in [3.05, 3.63) is 58.7 Å². The van der Waals surface area contributed by atoms with E-state index in [9.17, 15) is 31.9 Å². The molecular weight excluding hydrogens is 463 g/mol. The normalized spacial score (nSPS) is 16.8. The molecule has 0 saturated heterocycles. The molecule has 1 aromatic carbocycles. The number of rotatable bonds is 8. The molecule has 1 N–H and O–H groups in total. The maximum absolute atomic E-state index is 13.7. The molecule has 0 amide bonds. The number of hydrogen-bond acceptors (Lipinski definition) is 5. The summed E-state index contributed by atoms with van der Waals surface area (Å²) in [5.74, 6) is -6.39. The minimum Gasteiger partial charge on any atom is -0.486 e. The van der Waals surface area contributed by atoms with Crippen molar-refractivity contribution in [2.24, 2.45) is 0 Å². The zero-order valence-electron chi connectivity index (χ0n) is 17.9. The van der Waals surface area contributed by atoms with E-state index in [1.54, 1.807) is 18.2 Å². The average Bonchev–Trinajstić information content (AvgIpc) is 3.63. The van der Waals surface area contributed by atoms with Crippen LogP contribution in [0.2, 0.25) is 0 Å². The third kappa shape index (κ3) is 5.19. The number of nitrogens with zero attached hydrogens (tertiary/aromatic N) is 2. The van der Waals surface area contributed by atoms with Gasteiger partial charge in [0.05, 0.1) is 24.6 Å². The van der Waals surface area contributed by atoms with E-state index in [2.05, 4.69) is 9.97 Å². The molecule has 11 heteroatoms. The molecule has 1 saturated carbocycles. The number of alkyl halides is 5. The molecule has 0 spiro atoms.